The van der Waals surface area contributed by atoms with Gasteiger partial charge in [0.15, 0.2) is 24.3 Å². The quantitative estimate of drug-likeness (QED) is 0.410. The van der Waals surface area contributed by atoms with Gasteiger partial charge in [-0.15, -0.1) is 0 Å². The van der Waals surface area contributed by atoms with Crippen molar-refractivity contribution < 1.29 is 33.7 Å². The molecule has 5 aliphatic rings. The molecule has 0 aromatic carbocycles. The molecular weight excluding hydrogens is 516 g/mol. The van der Waals surface area contributed by atoms with Gasteiger partial charge in [0.05, 0.1) is 16.5 Å². The number of aliphatic hydroxyl groups is 1. The SMILES string of the molecule is CCCC1O[C@@H]2C[C@H]3[C@@H]4CCC5=CC(=O)C=C[C@]5(C)[C@@]4(Br)[C@@H](O)C[C@]3(C)[C@]2(C(=O)COC(C)=O)O1. The number of esters is 1. The van der Waals surface area contributed by atoms with Gasteiger partial charge >= 0.3 is 5.97 Å². The summed E-state index contributed by atoms with van der Waals surface area (Å²) in [6, 6.07) is 0. The minimum absolute atomic E-state index is 0.0173. The van der Waals surface area contributed by atoms with Crippen LogP contribution in [0.4, 0.5) is 0 Å². The van der Waals surface area contributed by atoms with Crippen molar-refractivity contribution in [1.82, 2.24) is 0 Å². The maximum Gasteiger partial charge on any atom is 0.303 e. The number of allylic oxidation sites excluding steroid dienone is 4. The Hall–Kier alpha value is -1.35. The van der Waals surface area contributed by atoms with Gasteiger partial charge in [0.1, 0.15) is 0 Å². The molecule has 1 unspecified atom stereocenters. The number of alkyl halides is 1. The smallest absolute Gasteiger partial charge is 0.303 e. The summed E-state index contributed by atoms with van der Waals surface area (Å²) < 4.78 is 17.3. The fourth-order valence-electron chi connectivity index (χ4n) is 8.17. The largest absolute Gasteiger partial charge is 0.458 e. The van der Waals surface area contributed by atoms with E-state index in [2.05, 4.69) is 22.9 Å². The summed E-state index contributed by atoms with van der Waals surface area (Å²) in [5, 5.41) is 11.9. The van der Waals surface area contributed by atoms with Crippen LogP contribution >= 0.6 is 15.9 Å². The van der Waals surface area contributed by atoms with Gasteiger partial charge in [-0.1, -0.05) is 54.8 Å². The maximum absolute atomic E-state index is 13.8. The highest BCUT2D eigenvalue weighted by Gasteiger charge is 2.78. The van der Waals surface area contributed by atoms with E-state index in [1.807, 2.05) is 19.9 Å². The fraction of sp³-hybridized carbons (Fsp3) is 0.741. The van der Waals surface area contributed by atoms with Gasteiger partial charge in [0, 0.05) is 17.8 Å². The van der Waals surface area contributed by atoms with Crippen molar-refractivity contribution in [3.05, 3.63) is 23.8 Å². The number of aliphatic hydroxyl groups excluding tert-OH is 1. The van der Waals surface area contributed by atoms with E-state index >= 15 is 0 Å². The predicted octanol–water partition coefficient (Wildman–Crippen LogP) is 3.81. The van der Waals surface area contributed by atoms with Crippen LogP contribution in [0.2, 0.25) is 0 Å². The second-order valence-corrected chi connectivity index (χ2v) is 12.7. The number of carbonyl (C=O) groups excluding carboxylic acids is 3. The molecule has 35 heavy (non-hydrogen) atoms. The number of fused-ring (bicyclic) bond motifs is 7. The average molecular weight is 551 g/mol. The van der Waals surface area contributed by atoms with E-state index in [-0.39, 0.29) is 30.0 Å². The fourth-order valence-corrected chi connectivity index (χ4v) is 9.26. The first-order chi connectivity index (χ1) is 16.4. The third-order valence-electron chi connectivity index (χ3n) is 9.78. The van der Waals surface area contributed by atoms with E-state index in [0.29, 0.717) is 19.3 Å². The number of halogens is 1. The summed E-state index contributed by atoms with van der Waals surface area (Å²) in [4.78, 5) is 37.5. The Morgan fingerprint density at radius 3 is 2.71 bits per heavy atom. The molecule has 0 amide bonds. The van der Waals surface area contributed by atoms with Crippen LogP contribution in [0.3, 0.4) is 0 Å². The van der Waals surface area contributed by atoms with Crippen LogP contribution in [0.25, 0.3) is 0 Å². The molecule has 5 rings (SSSR count). The highest BCUT2D eigenvalue weighted by Crippen LogP contribution is 2.72. The van der Waals surface area contributed by atoms with E-state index in [4.69, 9.17) is 14.2 Å². The third kappa shape index (κ3) is 3.22. The lowest BCUT2D eigenvalue weighted by molar-refractivity contribution is -0.196. The van der Waals surface area contributed by atoms with E-state index in [0.717, 1.165) is 24.8 Å². The standard InChI is InChI=1S/C27H35BrO7/c1-5-6-23-34-22-12-19-18-8-7-16-11-17(30)9-10-24(16,3)26(18,28)20(31)13-25(19,4)27(22,35-23)21(32)14-33-15(2)29/h9-11,18-20,22-23,31H,5-8,12-14H2,1-4H3/t18-,19-,20-,22+,23?,24-,25-,26-,27+/m0/s1. The maximum atomic E-state index is 13.8. The van der Waals surface area contributed by atoms with Crippen molar-refractivity contribution in [2.45, 2.75) is 94.6 Å². The Labute approximate surface area is 214 Å². The molecule has 1 aliphatic heterocycles. The molecule has 0 bridgehead atoms. The molecule has 1 saturated heterocycles. The summed E-state index contributed by atoms with van der Waals surface area (Å²) in [6.07, 6.45) is 7.51. The number of hydrogen-bond donors (Lipinski definition) is 1. The number of rotatable bonds is 5. The molecule has 3 saturated carbocycles. The summed E-state index contributed by atoms with van der Waals surface area (Å²) >= 11 is 4.05. The Bertz CT molecular complexity index is 1020. The van der Waals surface area contributed by atoms with Crippen LogP contribution in [0.5, 0.6) is 0 Å². The van der Waals surface area contributed by atoms with Crippen LogP contribution in [-0.4, -0.2) is 57.7 Å². The van der Waals surface area contributed by atoms with Crippen molar-refractivity contribution in [1.29, 1.82) is 0 Å². The molecule has 1 N–H and O–H groups in total. The van der Waals surface area contributed by atoms with Crippen molar-refractivity contribution >= 4 is 33.5 Å². The van der Waals surface area contributed by atoms with Crippen LogP contribution in [0.1, 0.15) is 66.2 Å². The topological polar surface area (TPSA) is 99.1 Å². The molecule has 8 heteroatoms. The second-order valence-electron chi connectivity index (χ2n) is 11.4. The summed E-state index contributed by atoms with van der Waals surface area (Å²) in [5.41, 5.74) is -1.47. The summed E-state index contributed by atoms with van der Waals surface area (Å²) in [6.45, 7) is 7.10. The minimum Gasteiger partial charge on any atom is -0.458 e. The predicted molar refractivity (Wildman–Crippen MR) is 131 cm³/mol. The molecule has 0 aromatic heterocycles. The molecule has 1 heterocycles. The minimum atomic E-state index is -1.28. The van der Waals surface area contributed by atoms with E-state index in [1.54, 1.807) is 12.2 Å². The van der Waals surface area contributed by atoms with E-state index in [1.165, 1.54) is 6.92 Å². The van der Waals surface area contributed by atoms with Crippen LogP contribution in [-0.2, 0) is 28.6 Å². The number of ether oxygens (including phenoxy) is 3. The van der Waals surface area contributed by atoms with E-state index < -0.39 is 45.2 Å². The normalized spacial score (nSPS) is 47.9. The lowest BCUT2D eigenvalue weighted by Gasteiger charge is -2.64. The van der Waals surface area contributed by atoms with Gasteiger partial charge < -0.3 is 19.3 Å². The highest BCUT2D eigenvalue weighted by atomic mass is 79.9. The first-order valence-electron chi connectivity index (χ1n) is 12.7. The first kappa shape index (κ1) is 25.3. The van der Waals surface area contributed by atoms with Gasteiger partial charge in [-0.2, -0.15) is 0 Å². The third-order valence-corrected chi connectivity index (χ3v) is 11.7. The Balaban J connectivity index is 1.57. The number of ketones is 2. The van der Waals surface area contributed by atoms with Crippen LogP contribution in [0, 0.1) is 22.7 Å². The highest BCUT2D eigenvalue weighted by molar-refractivity contribution is 9.10. The molecule has 0 spiro atoms. The molecular formula is C27H35BrO7. The van der Waals surface area contributed by atoms with Crippen LogP contribution in [0.15, 0.2) is 23.8 Å². The van der Waals surface area contributed by atoms with Crippen molar-refractivity contribution in [3.63, 3.8) is 0 Å². The zero-order valence-corrected chi connectivity index (χ0v) is 22.4. The van der Waals surface area contributed by atoms with Crippen molar-refractivity contribution in [2.75, 3.05) is 6.61 Å². The van der Waals surface area contributed by atoms with E-state index in [9.17, 15) is 19.5 Å². The molecule has 0 radical (unpaired) electrons. The van der Waals surface area contributed by atoms with Gasteiger partial charge in [-0.3, -0.25) is 14.4 Å². The lowest BCUT2D eigenvalue weighted by atomic mass is 9.46. The van der Waals surface area contributed by atoms with Gasteiger partial charge in [-0.25, -0.2) is 0 Å². The molecule has 4 aliphatic carbocycles. The van der Waals surface area contributed by atoms with Gasteiger partial charge in [0.2, 0.25) is 5.78 Å². The number of carbonyl (C=O) groups is 3. The number of Topliss-reactive ketones (excluding diaryl/α,β-unsaturated/α-hetero) is 1. The zero-order valence-electron chi connectivity index (χ0n) is 20.8. The molecule has 0 aromatic rings. The molecule has 7 nitrogen and oxygen atoms in total. The van der Waals surface area contributed by atoms with Crippen LogP contribution < -0.4 is 0 Å². The van der Waals surface area contributed by atoms with Crippen molar-refractivity contribution in [3.8, 4) is 0 Å². The molecule has 4 fully saturated rings. The number of hydrogen-bond acceptors (Lipinski definition) is 7. The Morgan fingerprint density at radius 2 is 2.03 bits per heavy atom. The lowest BCUT2D eigenvalue weighted by Crippen LogP contribution is -2.69. The Kier molecular flexibility index (Phi) is 6.02. The van der Waals surface area contributed by atoms with Crippen molar-refractivity contribution in [2.24, 2.45) is 22.7 Å². The summed E-state index contributed by atoms with van der Waals surface area (Å²) in [5.74, 6) is -0.769. The zero-order chi connectivity index (χ0) is 25.4. The summed E-state index contributed by atoms with van der Waals surface area (Å²) in [7, 11) is 0. The average Bonchev–Trinajstić information content (AvgIpc) is 3.26. The monoisotopic (exact) mass is 550 g/mol. The first-order valence-corrected chi connectivity index (χ1v) is 13.5. The molecule has 9 atom stereocenters. The van der Waals surface area contributed by atoms with Gasteiger partial charge in [-0.05, 0) is 56.1 Å². The molecule has 192 valence electrons. The second kappa shape index (κ2) is 8.33. The Morgan fingerprint density at radius 1 is 1.29 bits per heavy atom. The van der Waals surface area contributed by atoms with Gasteiger partial charge in [0.25, 0.3) is 0 Å².